The van der Waals surface area contributed by atoms with Gasteiger partial charge in [0.05, 0.1) is 30.5 Å². The highest BCUT2D eigenvalue weighted by Gasteiger charge is 2.49. The van der Waals surface area contributed by atoms with Crippen LogP contribution < -0.4 is 19.1 Å². The van der Waals surface area contributed by atoms with Gasteiger partial charge in [0.25, 0.3) is 5.78 Å². The van der Waals surface area contributed by atoms with E-state index in [1.807, 2.05) is 13.8 Å². The number of hydrogen-bond donors (Lipinski definition) is 1. The fraction of sp³-hybridized carbons (Fsp3) is 0.371. The van der Waals surface area contributed by atoms with Crippen LogP contribution in [0.4, 0.5) is 5.13 Å². The van der Waals surface area contributed by atoms with E-state index in [4.69, 9.17) is 18.9 Å². The maximum Gasteiger partial charge on any atom is 0.350 e. The Morgan fingerprint density at radius 2 is 1.98 bits per heavy atom. The highest BCUT2D eigenvalue weighted by Crippen LogP contribution is 2.46. The minimum Gasteiger partial charge on any atom is -0.507 e. The number of hydrogen-bond acceptors (Lipinski definition) is 10. The molecule has 0 radical (unpaired) electrons. The van der Waals surface area contributed by atoms with Crippen LogP contribution in [0.1, 0.15) is 72.2 Å². The monoisotopic (exact) mass is 646 g/mol. The largest absolute Gasteiger partial charge is 0.507 e. The Morgan fingerprint density at radius 1 is 1.20 bits per heavy atom. The zero-order chi connectivity index (χ0) is 33.1. The molecule has 3 heterocycles. The molecule has 1 amide bonds. The molecular weight excluding hydrogens is 608 g/mol. The number of ether oxygens (including phenoxy) is 4. The number of rotatable bonds is 12. The second-order valence-electron chi connectivity index (χ2n) is 11.6. The van der Waals surface area contributed by atoms with E-state index in [9.17, 15) is 19.5 Å². The summed E-state index contributed by atoms with van der Waals surface area (Å²) >= 11 is 0.933. The van der Waals surface area contributed by atoms with Crippen molar-refractivity contribution in [1.82, 2.24) is 4.98 Å². The third kappa shape index (κ3) is 6.50. The summed E-state index contributed by atoms with van der Waals surface area (Å²) < 4.78 is 23.0. The normalized spacial score (nSPS) is 18.4. The lowest BCUT2D eigenvalue weighted by Gasteiger charge is -2.24. The van der Waals surface area contributed by atoms with Gasteiger partial charge in [-0.1, -0.05) is 43.9 Å². The van der Waals surface area contributed by atoms with Crippen LogP contribution in [-0.2, 0) is 20.7 Å². The van der Waals surface area contributed by atoms with Gasteiger partial charge in [-0.3, -0.25) is 14.5 Å². The summed E-state index contributed by atoms with van der Waals surface area (Å²) in [5.41, 5.74) is 1.98. The molecule has 2 aromatic carbocycles. The number of esters is 1. The average Bonchev–Trinajstić information content (AvgIpc) is 3.67. The predicted octanol–water partition coefficient (Wildman–Crippen LogP) is 6.57. The van der Waals surface area contributed by atoms with Crippen molar-refractivity contribution in [2.24, 2.45) is 5.92 Å². The van der Waals surface area contributed by atoms with Crippen LogP contribution >= 0.6 is 11.3 Å². The molecule has 2 aliphatic rings. The summed E-state index contributed by atoms with van der Waals surface area (Å²) in [6, 6.07) is 9.29. The number of aliphatic hydroxyl groups excluding tert-OH is 1. The van der Waals surface area contributed by atoms with Gasteiger partial charge in [-0.25, -0.2) is 9.78 Å². The molecule has 1 aromatic heterocycles. The third-order valence-electron chi connectivity index (χ3n) is 7.66. The number of thiazole rings is 1. The molecule has 1 N–H and O–H groups in total. The summed E-state index contributed by atoms with van der Waals surface area (Å²) in [4.78, 5) is 46.3. The van der Waals surface area contributed by atoms with Crippen molar-refractivity contribution in [2.45, 2.75) is 59.6 Å². The van der Waals surface area contributed by atoms with Gasteiger partial charge in [-0.2, -0.15) is 0 Å². The lowest BCUT2D eigenvalue weighted by molar-refractivity contribution is -0.132. The molecule has 46 heavy (non-hydrogen) atoms. The number of amides is 1. The molecular formula is C35H38N2O8S. The number of aryl methyl sites for hydroxylation is 1. The van der Waals surface area contributed by atoms with Crippen LogP contribution in [-0.4, -0.2) is 53.7 Å². The number of aromatic nitrogens is 1. The maximum absolute atomic E-state index is 13.8. The van der Waals surface area contributed by atoms with Gasteiger partial charge in [0.15, 0.2) is 16.6 Å². The van der Waals surface area contributed by atoms with E-state index in [-0.39, 0.29) is 34.1 Å². The molecule has 0 saturated carbocycles. The van der Waals surface area contributed by atoms with E-state index >= 15 is 0 Å². The number of aliphatic hydroxyl groups is 1. The van der Waals surface area contributed by atoms with Gasteiger partial charge in [-0.15, -0.1) is 0 Å². The van der Waals surface area contributed by atoms with Crippen LogP contribution in [0.5, 0.6) is 17.2 Å². The van der Waals surface area contributed by atoms with Crippen molar-refractivity contribution in [3.05, 3.63) is 81.9 Å². The predicted molar refractivity (Wildman–Crippen MR) is 175 cm³/mol. The molecule has 5 rings (SSSR count). The summed E-state index contributed by atoms with van der Waals surface area (Å²) in [7, 11) is 0. The van der Waals surface area contributed by atoms with Crippen LogP contribution in [0, 0.1) is 12.8 Å². The van der Waals surface area contributed by atoms with Crippen LogP contribution in [0.15, 0.2) is 54.6 Å². The number of nitrogens with zero attached hydrogens (tertiary/aromatic N) is 2. The van der Waals surface area contributed by atoms with Gasteiger partial charge in [0.1, 0.15) is 29.1 Å². The van der Waals surface area contributed by atoms with Gasteiger partial charge in [0.2, 0.25) is 0 Å². The second-order valence-corrected chi connectivity index (χ2v) is 12.6. The minimum atomic E-state index is -1.09. The Morgan fingerprint density at radius 3 is 2.70 bits per heavy atom. The first-order valence-electron chi connectivity index (χ1n) is 15.3. The van der Waals surface area contributed by atoms with E-state index in [2.05, 4.69) is 25.4 Å². The number of carbonyl (C=O) groups excluding carboxylic acids is 3. The van der Waals surface area contributed by atoms with Crippen molar-refractivity contribution in [3.63, 3.8) is 0 Å². The fourth-order valence-corrected chi connectivity index (χ4v) is 6.42. The molecule has 1 fully saturated rings. The van der Waals surface area contributed by atoms with E-state index < -0.39 is 23.7 Å². The molecule has 0 bridgehead atoms. The van der Waals surface area contributed by atoms with Crippen molar-refractivity contribution < 1.29 is 38.4 Å². The van der Waals surface area contributed by atoms with E-state index in [0.29, 0.717) is 59.6 Å². The third-order valence-corrected chi connectivity index (χ3v) is 8.80. The Balaban J connectivity index is 1.65. The number of benzene rings is 2. The van der Waals surface area contributed by atoms with Crippen LogP contribution in [0.2, 0.25) is 0 Å². The topological polar surface area (TPSA) is 124 Å². The van der Waals surface area contributed by atoms with Gasteiger partial charge in [-0.05, 0) is 74.6 Å². The fourth-order valence-electron chi connectivity index (χ4n) is 5.43. The summed E-state index contributed by atoms with van der Waals surface area (Å²) in [5, 5.41) is 11.8. The lowest BCUT2D eigenvalue weighted by atomic mass is 9.94. The second kappa shape index (κ2) is 13.8. The summed E-state index contributed by atoms with van der Waals surface area (Å²) in [5.74, 6) is -0.608. The van der Waals surface area contributed by atoms with Crippen LogP contribution in [0.3, 0.4) is 0 Å². The standard InChI is InChI=1S/C35H38N2O8S/c1-7-14-44-34(41)32-21(6)36-35(46-32)37-29(22-9-12-26(27(18-22)42-8-2)43-15-13-19(3)4)28(31(39)33(37)40)30(38)23-10-11-25-24(17-23)16-20(5)45-25/h7,9-12,17-20,29,38H,1,8,13-16H2,2-6H3/t20-,29+/m0/s1. The highest BCUT2D eigenvalue weighted by atomic mass is 32.1. The Labute approximate surface area is 272 Å². The first-order chi connectivity index (χ1) is 22.0. The number of fused-ring (bicyclic) bond motifs is 1. The van der Waals surface area contributed by atoms with Crippen molar-refractivity contribution >= 4 is 39.9 Å². The first kappa shape index (κ1) is 32.7. The summed E-state index contributed by atoms with van der Waals surface area (Å²) in [6.07, 6.45) is 2.93. The SMILES string of the molecule is C=CCOC(=O)c1sc(N2C(=O)C(=O)C(=C(O)c3ccc4c(c3)C[C@H](C)O4)[C@H]2c2ccc(OCCC(C)C)c(OCC)c2)nc1C. The van der Waals surface area contributed by atoms with Gasteiger partial charge >= 0.3 is 11.9 Å². The quantitative estimate of drug-likeness (QED) is 0.0765. The molecule has 2 aliphatic heterocycles. The molecule has 3 aromatic rings. The zero-order valence-electron chi connectivity index (χ0n) is 26.6. The van der Waals surface area contributed by atoms with Gasteiger partial charge < -0.3 is 24.1 Å². The molecule has 0 spiro atoms. The van der Waals surface area contributed by atoms with Crippen molar-refractivity contribution in [1.29, 1.82) is 0 Å². The Hall–Kier alpha value is -4.64. The first-order valence-corrected chi connectivity index (χ1v) is 16.1. The molecule has 242 valence electrons. The molecule has 0 unspecified atom stereocenters. The smallest absolute Gasteiger partial charge is 0.350 e. The average molecular weight is 647 g/mol. The maximum atomic E-state index is 13.8. The number of Topliss-reactive ketones (excluding diaryl/α,β-unsaturated/α-hetero) is 1. The number of anilines is 1. The summed E-state index contributed by atoms with van der Waals surface area (Å²) in [6.45, 7) is 14.1. The van der Waals surface area contributed by atoms with E-state index in [1.165, 1.54) is 11.0 Å². The van der Waals surface area contributed by atoms with Crippen LogP contribution in [0.25, 0.3) is 5.76 Å². The van der Waals surface area contributed by atoms with E-state index in [0.717, 1.165) is 23.3 Å². The molecule has 1 saturated heterocycles. The number of carbonyl (C=O) groups is 3. The Kier molecular flexibility index (Phi) is 9.81. The number of ketones is 1. The molecule has 10 nitrogen and oxygen atoms in total. The minimum absolute atomic E-state index is 0.00636. The molecule has 0 aliphatic carbocycles. The molecule has 2 atom stereocenters. The van der Waals surface area contributed by atoms with E-state index in [1.54, 1.807) is 43.3 Å². The van der Waals surface area contributed by atoms with Crippen molar-refractivity contribution in [2.75, 3.05) is 24.7 Å². The zero-order valence-corrected chi connectivity index (χ0v) is 27.4. The highest BCUT2D eigenvalue weighted by molar-refractivity contribution is 7.17. The van der Waals surface area contributed by atoms with Crippen molar-refractivity contribution in [3.8, 4) is 17.2 Å². The Bertz CT molecular complexity index is 1710. The lowest BCUT2D eigenvalue weighted by Crippen LogP contribution is -2.29. The van der Waals surface area contributed by atoms with Gasteiger partial charge in [0, 0.05) is 12.0 Å². The molecule has 11 heteroatoms.